The molecule has 1 unspecified atom stereocenters. The summed E-state index contributed by atoms with van der Waals surface area (Å²) in [4.78, 5) is 4.57. The molecule has 0 saturated heterocycles. The van der Waals surface area contributed by atoms with Crippen LogP contribution in [0.4, 0.5) is 0 Å². The first-order valence-corrected chi connectivity index (χ1v) is 9.14. The van der Waals surface area contributed by atoms with Crippen molar-refractivity contribution in [2.45, 2.75) is 44.2 Å². The van der Waals surface area contributed by atoms with Crippen molar-refractivity contribution in [2.24, 2.45) is 0 Å². The van der Waals surface area contributed by atoms with Gasteiger partial charge in [-0.15, -0.1) is 0 Å². The van der Waals surface area contributed by atoms with E-state index in [1.54, 1.807) is 18.3 Å². The molecule has 0 aliphatic heterocycles. The van der Waals surface area contributed by atoms with E-state index in [2.05, 4.69) is 24.1 Å². The molecule has 6 heteroatoms. The molecule has 1 heterocycles. The van der Waals surface area contributed by atoms with E-state index >= 15 is 0 Å². The van der Waals surface area contributed by atoms with E-state index in [0.29, 0.717) is 23.2 Å². The molecular weight excluding hydrogens is 300 g/mol. The zero-order chi connectivity index (χ0) is 16.3. The minimum atomic E-state index is -3.15. The van der Waals surface area contributed by atoms with Crippen LogP contribution in [0.3, 0.4) is 0 Å². The highest BCUT2D eigenvalue weighted by Crippen LogP contribution is 2.18. The largest absolute Gasteiger partial charge is 0.444 e. The fourth-order valence-corrected chi connectivity index (χ4v) is 2.67. The van der Waals surface area contributed by atoms with E-state index in [4.69, 9.17) is 4.42 Å². The third-order valence-corrected chi connectivity index (χ3v) is 4.64. The van der Waals surface area contributed by atoms with Gasteiger partial charge >= 0.3 is 0 Å². The molecule has 0 aliphatic rings. The van der Waals surface area contributed by atoms with Crippen LogP contribution in [0.1, 0.15) is 49.9 Å². The Morgan fingerprint density at radius 1 is 1.18 bits per heavy atom. The Hall–Kier alpha value is -1.66. The van der Waals surface area contributed by atoms with Gasteiger partial charge in [-0.2, -0.15) is 0 Å². The van der Waals surface area contributed by atoms with Crippen molar-refractivity contribution in [1.82, 2.24) is 10.3 Å². The number of hydrogen-bond acceptors (Lipinski definition) is 5. The quantitative estimate of drug-likeness (QED) is 0.885. The van der Waals surface area contributed by atoms with Gasteiger partial charge in [0, 0.05) is 18.2 Å². The maximum absolute atomic E-state index is 11.4. The summed E-state index contributed by atoms with van der Waals surface area (Å²) in [7, 11) is -3.15. The second-order valence-corrected chi connectivity index (χ2v) is 7.77. The molecule has 5 nitrogen and oxygen atoms in total. The third kappa shape index (κ3) is 4.18. The molecule has 0 saturated carbocycles. The Labute approximate surface area is 131 Å². The Morgan fingerprint density at radius 3 is 2.32 bits per heavy atom. The van der Waals surface area contributed by atoms with Crippen molar-refractivity contribution in [1.29, 1.82) is 0 Å². The standard InChI is InChI=1S/C16H22N2O3S/c1-11(2)15-9-18-16(21-15)10-17-12(3)13-5-7-14(8-6-13)22(4,19)20/h5-9,11-12,17H,10H2,1-4H3. The van der Waals surface area contributed by atoms with E-state index in [0.717, 1.165) is 11.3 Å². The lowest BCUT2D eigenvalue weighted by Crippen LogP contribution is -2.18. The average molecular weight is 322 g/mol. The molecule has 1 N–H and O–H groups in total. The van der Waals surface area contributed by atoms with Gasteiger partial charge in [0.1, 0.15) is 5.76 Å². The predicted octanol–water partition coefficient (Wildman–Crippen LogP) is 3.05. The summed E-state index contributed by atoms with van der Waals surface area (Å²) in [6.07, 6.45) is 2.96. The van der Waals surface area contributed by atoms with Gasteiger partial charge in [-0.25, -0.2) is 13.4 Å². The molecule has 0 aliphatic carbocycles. The number of oxazole rings is 1. The summed E-state index contributed by atoms with van der Waals surface area (Å²) in [6, 6.07) is 6.98. The molecule has 2 rings (SSSR count). The van der Waals surface area contributed by atoms with Gasteiger partial charge in [0.05, 0.1) is 17.6 Å². The fraction of sp³-hybridized carbons (Fsp3) is 0.438. The molecular formula is C16H22N2O3S. The normalized spacial score (nSPS) is 13.5. The molecule has 22 heavy (non-hydrogen) atoms. The highest BCUT2D eigenvalue weighted by Gasteiger charge is 2.11. The van der Waals surface area contributed by atoms with Crippen molar-refractivity contribution in [3.05, 3.63) is 47.7 Å². The van der Waals surface area contributed by atoms with Gasteiger partial charge in [0.25, 0.3) is 0 Å². The highest BCUT2D eigenvalue weighted by atomic mass is 32.2. The molecule has 1 atom stereocenters. The highest BCUT2D eigenvalue weighted by molar-refractivity contribution is 7.90. The number of rotatable bonds is 6. The summed E-state index contributed by atoms with van der Waals surface area (Å²) in [5.74, 6) is 1.85. The number of nitrogens with one attached hydrogen (secondary N) is 1. The predicted molar refractivity (Wildman–Crippen MR) is 85.4 cm³/mol. The maximum atomic E-state index is 11.4. The summed E-state index contributed by atoms with van der Waals surface area (Å²) in [6.45, 7) is 6.66. The first kappa shape index (κ1) is 16.7. The van der Waals surface area contributed by atoms with E-state index < -0.39 is 9.84 Å². The number of hydrogen-bond donors (Lipinski definition) is 1. The van der Waals surface area contributed by atoms with Gasteiger partial charge in [-0.05, 0) is 24.6 Å². The van der Waals surface area contributed by atoms with Gasteiger partial charge in [-0.3, -0.25) is 0 Å². The summed E-state index contributed by atoms with van der Waals surface area (Å²) < 4.78 is 28.5. The maximum Gasteiger partial charge on any atom is 0.208 e. The molecule has 1 aromatic heterocycles. The van der Waals surface area contributed by atoms with Crippen LogP contribution in [0.5, 0.6) is 0 Å². The number of aromatic nitrogens is 1. The Bertz CT molecular complexity index is 718. The minimum absolute atomic E-state index is 0.0722. The zero-order valence-corrected chi connectivity index (χ0v) is 14.1. The second kappa shape index (κ2) is 6.62. The Morgan fingerprint density at radius 2 is 1.82 bits per heavy atom. The molecule has 0 bridgehead atoms. The van der Waals surface area contributed by atoms with E-state index in [1.165, 1.54) is 6.26 Å². The number of sulfone groups is 1. The monoisotopic (exact) mass is 322 g/mol. The summed E-state index contributed by atoms with van der Waals surface area (Å²) in [5.41, 5.74) is 1.02. The van der Waals surface area contributed by atoms with Gasteiger partial charge in [0.15, 0.2) is 9.84 Å². The van der Waals surface area contributed by atoms with E-state index in [1.807, 2.05) is 19.1 Å². The van der Waals surface area contributed by atoms with Gasteiger partial charge in [-0.1, -0.05) is 26.0 Å². The lowest BCUT2D eigenvalue weighted by atomic mass is 10.1. The smallest absolute Gasteiger partial charge is 0.208 e. The van der Waals surface area contributed by atoms with Crippen LogP contribution in [0.25, 0.3) is 0 Å². The number of nitrogens with zero attached hydrogens (tertiary/aromatic N) is 1. The van der Waals surface area contributed by atoms with E-state index in [9.17, 15) is 8.42 Å². The first-order chi connectivity index (χ1) is 10.3. The molecule has 1 aromatic carbocycles. The summed E-state index contributed by atoms with van der Waals surface area (Å²) in [5, 5.41) is 3.32. The Balaban J connectivity index is 1.98. The lowest BCUT2D eigenvalue weighted by molar-refractivity contribution is 0.411. The minimum Gasteiger partial charge on any atom is -0.444 e. The van der Waals surface area contributed by atoms with Crippen molar-refractivity contribution >= 4 is 9.84 Å². The van der Waals surface area contributed by atoms with Crippen LogP contribution in [0.2, 0.25) is 0 Å². The number of benzene rings is 1. The van der Waals surface area contributed by atoms with Crippen LogP contribution in [0.15, 0.2) is 39.8 Å². The Kier molecular flexibility index (Phi) is 5.03. The van der Waals surface area contributed by atoms with Crippen molar-refractivity contribution in [2.75, 3.05) is 6.26 Å². The van der Waals surface area contributed by atoms with Crippen LogP contribution in [-0.2, 0) is 16.4 Å². The summed E-state index contributed by atoms with van der Waals surface area (Å²) >= 11 is 0. The molecule has 0 radical (unpaired) electrons. The van der Waals surface area contributed by atoms with Crippen molar-refractivity contribution < 1.29 is 12.8 Å². The van der Waals surface area contributed by atoms with Crippen LogP contribution in [0, 0.1) is 0 Å². The average Bonchev–Trinajstić information content (AvgIpc) is 2.93. The SMILES string of the molecule is CC(C)c1cnc(CNC(C)c2ccc(S(C)(=O)=O)cc2)o1. The van der Waals surface area contributed by atoms with Crippen LogP contribution in [-0.4, -0.2) is 19.7 Å². The van der Waals surface area contributed by atoms with Gasteiger partial charge in [0.2, 0.25) is 5.89 Å². The molecule has 0 fully saturated rings. The molecule has 0 spiro atoms. The van der Waals surface area contributed by atoms with Crippen LogP contribution >= 0.6 is 0 Å². The van der Waals surface area contributed by atoms with Gasteiger partial charge < -0.3 is 9.73 Å². The molecule has 120 valence electrons. The van der Waals surface area contributed by atoms with Crippen LogP contribution < -0.4 is 5.32 Å². The first-order valence-electron chi connectivity index (χ1n) is 7.25. The van der Waals surface area contributed by atoms with Crippen molar-refractivity contribution in [3.8, 4) is 0 Å². The third-order valence-electron chi connectivity index (χ3n) is 3.51. The fourth-order valence-electron chi connectivity index (χ4n) is 2.03. The molecule has 2 aromatic rings. The van der Waals surface area contributed by atoms with E-state index in [-0.39, 0.29) is 6.04 Å². The lowest BCUT2D eigenvalue weighted by Gasteiger charge is -2.13. The van der Waals surface area contributed by atoms with Crippen molar-refractivity contribution in [3.63, 3.8) is 0 Å². The zero-order valence-electron chi connectivity index (χ0n) is 13.3. The topological polar surface area (TPSA) is 72.2 Å². The second-order valence-electron chi connectivity index (χ2n) is 5.75. The molecule has 0 amide bonds.